The van der Waals surface area contributed by atoms with Gasteiger partial charge in [0.1, 0.15) is 11.6 Å². The van der Waals surface area contributed by atoms with Gasteiger partial charge in [-0.1, -0.05) is 30.9 Å². The Morgan fingerprint density at radius 2 is 1.93 bits per heavy atom. The molecule has 1 N–H and O–H groups in total. The van der Waals surface area contributed by atoms with Gasteiger partial charge in [-0.05, 0) is 50.0 Å². The molecule has 3 aliphatic rings. The van der Waals surface area contributed by atoms with Crippen molar-refractivity contribution in [3.63, 3.8) is 0 Å². The smallest absolute Gasteiger partial charge is 0.304 e. The molecule has 0 radical (unpaired) electrons. The second-order valence-electron chi connectivity index (χ2n) is 8.32. The first-order valence-electron chi connectivity index (χ1n) is 10.3. The van der Waals surface area contributed by atoms with Gasteiger partial charge in [0, 0.05) is 18.7 Å². The third kappa shape index (κ3) is 4.39. The van der Waals surface area contributed by atoms with E-state index >= 15 is 0 Å². The van der Waals surface area contributed by atoms with Crippen LogP contribution in [0.3, 0.4) is 0 Å². The van der Waals surface area contributed by atoms with Crippen molar-refractivity contribution in [1.29, 1.82) is 0 Å². The summed E-state index contributed by atoms with van der Waals surface area (Å²) < 4.78 is 48.9. The average molecular weight is 445 g/mol. The lowest BCUT2D eigenvalue weighted by atomic mass is 10.1. The van der Waals surface area contributed by atoms with E-state index in [1.165, 1.54) is 17.1 Å². The predicted molar refractivity (Wildman–Crippen MR) is 108 cm³/mol. The maximum absolute atomic E-state index is 14.5. The van der Waals surface area contributed by atoms with E-state index in [0.29, 0.717) is 25.0 Å². The number of halogens is 2. The molecule has 9 heteroatoms. The zero-order chi connectivity index (χ0) is 20.6. The van der Waals surface area contributed by atoms with Gasteiger partial charge in [0.05, 0.1) is 17.2 Å². The molecule has 1 aromatic carbocycles. The van der Waals surface area contributed by atoms with Crippen LogP contribution < -0.4 is 9.46 Å². The Morgan fingerprint density at radius 1 is 1.17 bits per heavy atom. The van der Waals surface area contributed by atoms with E-state index in [1.807, 2.05) is 4.72 Å². The predicted octanol–water partition coefficient (Wildman–Crippen LogP) is 3.90. The van der Waals surface area contributed by atoms with Crippen molar-refractivity contribution >= 4 is 27.7 Å². The molecule has 6 nitrogen and oxygen atoms in total. The number of carbonyl (C=O) groups excluding carboxylic acids is 1. The molecule has 0 unspecified atom stereocenters. The van der Waals surface area contributed by atoms with E-state index < -0.39 is 27.5 Å². The van der Waals surface area contributed by atoms with Crippen molar-refractivity contribution < 1.29 is 22.3 Å². The molecule has 1 saturated heterocycles. The summed E-state index contributed by atoms with van der Waals surface area (Å²) in [5.74, 6) is -0.924. The van der Waals surface area contributed by atoms with E-state index in [9.17, 15) is 17.6 Å². The fourth-order valence-corrected chi connectivity index (χ4v) is 6.58. The van der Waals surface area contributed by atoms with Crippen LogP contribution in [0.25, 0.3) is 0 Å². The first kappa shape index (κ1) is 20.9. The summed E-state index contributed by atoms with van der Waals surface area (Å²) in [6.45, 7) is 0.839. The van der Waals surface area contributed by atoms with E-state index in [4.69, 9.17) is 16.3 Å². The molecule has 4 rings (SSSR count). The number of fused-ring (bicyclic) bond motifs is 1. The van der Waals surface area contributed by atoms with Crippen molar-refractivity contribution in [2.24, 2.45) is 11.8 Å². The summed E-state index contributed by atoms with van der Waals surface area (Å²) >= 11 is 6.17. The second kappa shape index (κ2) is 8.40. The van der Waals surface area contributed by atoms with Crippen LogP contribution in [0, 0.1) is 17.7 Å². The van der Waals surface area contributed by atoms with E-state index in [-0.39, 0.29) is 16.8 Å². The standard InChI is InChI=1S/C20H26ClFN2O4S/c21-16-10-15(17(22)11-19(16)28-12-13-4-1-2-5-13)20(25)23-29(26,27)24-9-8-14-6-3-7-18(14)24/h10-11,13-14,18H,1-9,12H2,(H,23,25)/t14-,18+/m1/s1. The van der Waals surface area contributed by atoms with Crippen LogP contribution in [-0.2, 0) is 10.2 Å². The summed E-state index contributed by atoms with van der Waals surface area (Å²) in [4.78, 5) is 12.5. The van der Waals surface area contributed by atoms with Crippen LogP contribution >= 0.6 is 11.6 Å². The Hall–Kier alpha value is -1.38. The van der Waals surface area contributed by atoms with Crippen molar-refractivity contribution in [3.05, 3.63) is 28.5 Å². The maximum atomic E-state index is 14.5. The molecular weight excluding hydrogens is 419 g/mol. The van der Waals surface area contributed by atoms with Gasteiger partial charge in [-0.25, -0.2) is 9.11 Å². The number of amides is 1. The lowest BCUT2D eigenvalue weighted by Crippen LogP contribution is -2.46. The molecule has 2 atom stereocenters. The van der Waals surface area contributed by atoms with Gasteiger partial charge in [-0.2, -0.15) is 12.7 Å². The molecule has 3 fully saturated rings. The number of hydrogen-bond donors (Lipinski definition) is 1. The summed E-state index contributed by atoms with van der Waals surface area (Å²) in [7, 11) is -4.03. The van der Waals surface area contributed by atoms with Crippen LogP contribution in [0.1, 0.15) is 61.7 Å². The molecular formula is C20H26ClFN2O4S. The number of hydrogen-bond acceptors (Lipinski definition) is 4. The molecule has 160 valence electrons. The summed E-state index contributed by atoms with van der Waals surface area (Å²) in [5.41, 5.74) is -0.408. The highest BCUT2D eigenvalue weighted by Gasteiger charge is 2.43. The molecule has 1 aliphatic heterocycles. The van der Waals surface area contributed by atoms with Crippen molar-refractivity contribution in [1.82, 2.24) is 9.03 Å². The second-order valence-corrected chi connectivity index (χ2v) is 10.3. The van der Waals surface area contributed by atoms with E-state index in [2.05, 4.69) is 0 Å². The van der Waals surface area contributed by atoms with Gasteiger partial charge < -0.3 is 4.74 Å². The number of nitrogens with zero attached hydrogens (tertiary/aromatic N) is 1. The van der Waals surface area contributed by atoms with Crippen molar-refractivity contribution in [3.8, 4) is 5.75 Å². The Bertz CT molecular complexity index is 889. The number of nitrogens with one attached hydrogen (secondary N) is 1. The molecule has 29 heavy (non-hydrogen) atoms. The Kier molecular flexibility index (Phi) is 6.04. The molecule has 1 amide bonds. The molecule has 2 aliphatic carbocycles. The third-order valence-corrected chi connectivity index (χ3v) is 8.26. The highest BCUT2D eigenvalue weighted by molar-refractivity contribution is 7.87. The molecule has 0 spiro atoms. The SMILES string of the molecule is O=C(NS(=O)(=O)N1CC[C@H]2CCC[C@@H]21)c1cc(Cl)c(OCC2CCCC2)cc1F. The Morgan fingerprint density at radius 3 is 2.69 bits per heavy atom. The number of carbonyl (C=O) groups is 1. The molecule has 1 aromatic rings. The van der Waals surface area contributed by atoms with E-state index in [0.717, 1.165) is 50.7 Å². The van der Waals surface area contributed by atoms with Crippen LogP contribution in [0.5, 0.6) is 5.75 Å². The van der Waals surface area contributed by atoms with E-state index in [1.54, 1.807) is 0 Å². The monoisotopic (exact) mass is 444 g/mol. The lowest BCUT2D eigenvalue weighted by Gasteiger charge is -2.23. The minimum atomic E-state index is -4.03. The lowest BCUT2D eigenvalue weighted by molar-refractivity contribution is 0.0974. The topological polar surface area (TPSA) is 75.7 Å². The van der Waals surface area contributed by atoms with Gasteiger partial charge in [-0.3, -0.25) is 4.79 Å². The molecule has 0 bridgehead atoms. The maximum Gasteiger partial charge on any atom is 0.304 e. The molecule has 2 saturated carbocycles. The van der Waals surface area contributed by atoms with Gasteiger partial charge in [-0.15, -0.1) is 0 Å². The summed E-state index contributed by atoms with van der Waals surface area (Å²) in [6.07, 6.45) is 8.09. The van der Waals surface area contributed by atoms with Gasteiger partial charge >= 0.3 is 10.2 Å². The zero-order valence-corrected chi connectivity index (χ0v) is 17.8. The fraction of sp³-hybridized carbons (Fsp3) is 0.650. The fourth-order valence-electron chi connectivity index (χ4n) is 4.92. The molecule has 1 heterocycles. The number of ether oxygens (including phenoxy) is 1. The first-order chi connectivity index (χ1) is 13.8. The Labute approximate surface area is 175 Å². The van der Waals surface area contributed by atoms with Crippen molar-refractivity contribution in [2.75, 3.05) is 13.2 Å². The highest BCUT2D eigenvalue weighted by Crippen LogP contribution is 2.39. The van der Waals surface area contributed by atoms with Crippen molar-refractivity contribution in [2.45, 2.75) is 57.4 Å². The normalized spacial score (nSPS) is 25.3. The van der Waals surface area contributed by atoms with Gasteiger partial charge in [0.2, 0.25) is 0 Å². The third-order valence-electron chi connectivity index (χ3n) is 6.46. The number of benzene rings is 1. The average Bonchev–Trinajstić information content (AvgIpc) is 3.39. The first-order valence-corrected chi connectivity index (χ1v) is 12.1. The van der Waals surface area contributed by atoms with Crippen LogP contribution in [-0.4, -0.2) is 37.8 Å². The van der Waals surface area contributed by atoms with Gasteiger partial charge in [0.15, 0.2) is 0 Å². The van der Waals surface area contributed by atoms with Crippen LogP contribution in [0.15, 0.2) is 12.1 Å². The minimum Gasteiger partial charge on any atom is -0.492 e. The molecule has 0 aromatic heterocycles. The highest BCUT2D eigenvalue weighted by atomic mass is 35.5. The Balaban J connectivity index is 1.44. The van der Waals surface area contributed by atoms with Crippen LogP contribution in [0.2, 0.25) is 5.02 Å². The minimum absolute atomic E-state index is 0.0694. The summed E-state index contributed by atoms with van der Waals surface area (Å²) in [6, 6.07) is 2.12. The van der Waals surface area contributed by atoms with Gasteiger partial charge in [0.25, 0.3) is 5.91 Å². The number of rotatable bonds is 6. The van der Waals surface area contributed by atoms with Crippen LogP contribution in [0.4, 0.5) is 4.39 Å². The largest absolute Gasteiger partial charge is 0.492 e. The quantitative estimate of drug-likeness (QED) is 0.722. The summed E-state index contributed by atoms with van der Waals surface area (Å²) in [5, 5.41) is 0.0870. The zero-order valence-electron chi connectivity index (χ0n) is 16.2.